The highest BCUT2D eigenvalue weighted by Crippen LogP contribution is 2.33. The first kappa shape index (κ1) is 21.9. The largest absolute Gasteiger partial charge is 0.493 e. The van der Waals surface area contributed by atoms with Crippen molar-refractivity contribution in [3.63, 3.8) is 0 Å². The summed E-state index contributed by atoms with van der Waals surface area (Å²) < 4.78 is 16.6. The van der Waals surface area contributed by atoms with Crippen LogP contribution in [-0.2, 0) is 11.3 Å². The normalized spacial score (nSPS) is 14.7. The van der Waals surface area contributed by atoms with Gasteiger partial charge in [-0.15, -0.1) is 0 Å². The summed E-state index contributed by atoms with van der Waals surface area (Å²) in [5.41, 5.74) is 4.95. The highest BCUT2D eigenvalue weighted by atomic mass is 16.5. The van der Waals surface area contributed by atoms with Crippen molar-refractivity contribution in [3.8, 4) is 23.0 Å². The fraction of sp³-hybridized carbons (Fsp3) is 0.360. The molecule has 0 atom stereocenters. The van der Waals surface area contributed by atoms with Crippen molar-refractivity contribution in [1.29, 1.82) is 0 Å². The summed E-state index contributed by atoms with van der Waals surface area (Å²) in [7, 11) is 3.20. The number of aromatic nitrogens is 1. The van der Waals surface area contributed by atoms with Crippen LogP contribution in [0, 0.1) is 20.8 Å². The number of nitrogens with zero attached hydrogens (tertiary/aromatic N) is 3. The molecule has 2 aromatic carbocycles. The van der Waals surface area contributed by atoms with Gasteiger partial charge in [0.05, 0.1) is 26.5 Å². The van der Waals surface area contributed by atoms with Crippen LogP contribution in [0.3, 0.4) is 0 Å². The summed E-state index contributed by atoms with van der Waals surface area (Å²) in [6.45, 7) is 8.36. The lowest BCUT2D eigenvalue weighted by molar-refractivity contribution is -0.121. The average molecular weight is 436 g/mol. The van der Waals surface area contributed by atoms with Crippen molar-refractivity contribution < 1.29 is 18.7 Å². The van der Waals surface area contributed by atoms with Crippen molar-refractivity contribution in [3.05, 3.63) is 59.0 Å². The van der Waals surface area contributed by atoms with Crippen LogP contribution < -0.4 is 14.4 Å². The molecule has 1 saturated heterocycles. The zero-order valence-corrected chi connectivity index (χ0v) is 19.3. The van der Waals surface area contributed by atoms with E-state index < -0.39 is 0 Å². The second-order valence-corrected chi connectivity index (χ2v) is 8.19. The number of amides is 1. The highest BCUT2D eigenvalue weighted by Gasteiger charge is 2.27. The zero-order valence-electron chi connectivity index (χ0n) is 19.3. The van der Waals surface area contributed by atoms with Gasteiger partial charge in [0.1, 0.15) is 5.76 Å². The number of aryl methyl sites for hydroxylation is 3. The molecule has 0 bridgehead atoms. The minimum Gasteiger partial charge on any atom is -0.493 e. The van der Waals surface area contributed by atoms with Crippen molar-refractivity contribution in [1.82, 2.24) is 9.88 Å². The molecule has 3 aromatic rings. The molecule has 32 heavy (non-hydrogen) atoms. The SMILES string of the molecule is COc1ccc(-c2nc(CN3CCN(c4cc(C)cc(C)c4)C(=O)C3)c(C)o2)cc1OC. The molecule has 0 spiro atoms. The van der Waals surface area contributed by atoms with Gasteiger partial charge < -0.3 is 18.8 Å². The van der Waals surface area contributed by atoms with Gasteiger partial charge >= 0.3 is 0 Å². The van der Waals surface area contributed by atoms with Gasteiger partial charge in [-0.3, -0.25) is 9.69 Å². The van der Waals surface area contributed by atoms with E-state index in [-0.39, 0.29) is 5.91 Å². The number of carbonyl (C=O) groups excluding carboxylic acids is 1. The molecule has 0 aliphatic carbocycles. The molecule has 0 unspecified atom stereocenters. The summed E-state index contributed by atoms with van der Waals surface area (Å²) in [4.78, 5) is 21.6. The molecule has 168 valence electrons. The van der Waals surface area contributed by atoms with E-state index in [1.807, 2.05) is 30.0 Å². The fourth-order valence-electron chi connectivity index (χ4n) is 4.12. The van der Waals surface area contributed by atoms with E-state index in [0.29, 0.717) is 37.0 Å². The number of benzene rings is 2. The van der Waals surface area contributed by atoms with Crippen molar-refractivity contribution in [2.45, 2.75) is 27.3 Å². The molecule has 1 amide bonds. The number of anilines is 1. The third-order valence-electron chi connectivity index (χ3n) is 5.71. The Bertz CT molecular complexity index is 1120. The molecular weight excluding hydrogens is 406 g/mol. The van der Waals surface area contributed by atoms with Crippen LogP contribution >= 0.6 is 0 Å². The molecule has 1 aliphatic heterocycles. The van der Waals surface area contributed by atoms with Gasteiger partial charge in [-0.05, 0) is 62.2 Å². The first-order chi connectivity index (χ1) is 15.4. The number of carbonyl (C=O) groups is 1. The Labute approximate surface area is 188 Å². The number of oxazole rings is 1. The number of ether oxygens (including phenoxy) is 2. The second kappa shape index (κ2) is 9.04. The fourth-order valence-corrected chi connectivity index (χ4v) is 4.12. The zero-order chi connectivity index (χ0) is 22.8. The van der Waals surface area contributed by atoms with Gasteiger partial charge in [-0.25, -0.2) is 4.98 Å². The average Bonchev–Trinajstić information content (AvgIpc) is 3.12. The topological polar surface area (TPSA) is 68.0 Å². The maximum Gasteiger partial charge on any atom is 0.241 e. The Balaban J connectivity index is 1.47. The van der Waals surface area contributed by atoms with Crippen LogP contribution in [-0.4, -0.2) is 49.6 Å². The Morgan fingerprint density at radius 1 is 0.969 bits per heavy atom. The Morgan fingerprint density at radius 2 is 1.69 bits per heavy atom. The number of rotatable bonds is 6. The predicted octanol–water partition coefficient (Wildman–Crippen LogP) is 4.13. The number of piperazine rings is 1. The van der Waals surface area contributed by atoms with Crippen molar-refractivity contribution >= 4 is 11.6 Å². The van der Waals surface area contributed by atoms with Crippen LogP contribution in [0.2, 0.25) is 0 Å². The summed E-state index contributed by atoms with van der Waals surface area (Å²) in [5.74, 6) is 2.65. The number of methoxy groups -OCH3 is 2. The third kappa shape index (κ3) is 4.48. The van der Waals surface area contributed by atoms with Crippen molar-refractivity contribution in [2.24, 2.45) is 0 Å². The standard InChI is InChI=1S/C25H29N3O4/c1-16-10-17(2)12-20(11-16)28-9-8-27(15-24(28)29)14-21-18(3)32-25(26-21)19-6-7-22(30-4)23(13-19)31-5/h6-7,10-13H,8-9,14-15H2,1-5H3. The Kier molecular flexibility index (Phi) is 6.19. The van der Waals surface area contributed by atoms with Crippen LogP contribution in [0.15, 0.2) is 40.8 Å². The van der Waals surface area contributed by atoms with E-state index in [2.05, 4.69) is 36.9 Å². The smallest absolute Gasteiger partial charge is 0.241 e. The van der Waals surface area contributed by atoms with Gasteiger partial charge in [0, 0.05) is 30.9 Å². The van der Waals surface area contributed by atoms with E-state index >= 15 is 0 Å². The predicted molar refractivity (Wildman–Crippen MR) is 123 cm³/mol. The van der Waals surface area contributed by atoms with Gasteiger partial charge in [0.2, 0.25) is 11.8 Å². The third-order valence-corrected chi connectivity index (χ3v) is 5.71. The molecule has 0 saturated carbocycles. The minimum absolute atomic E-state index is 0.0995. The molecule has 7 nitrogen and oxygen atoms in total. The highest BCUT2D eigenvalue weighted by molar-refractivity contribution is 5.95. The molecule has 1 fully saturated rings. The first-order valence-corrected chi connectivity index (χ1v) is 10.7. The summed E-state index contributed by atoms with van der Waals surface area (Å²) in [6, 6.07) is 11.8. The Hall–Kier alpha value is -3.32. The molecule has 2 heterocycles. The quantitative estimate of drug-likeness (QED) is 0.580. The molecule has 7 heteroatoms. The maximum absolute atomic E-state index is 12.9. The van der Waals surface area contributed by atoms with Crippen LogP contribution in [0.5, 0.6) is 11.5 Å². The van der Waals surface area contributed by atoms with Gasteiger partial charge in [0.15, 0.2) is 11.5 Å². The summed E-state index contributed by atoms with van der Waals surface area (Å²) >= 11 is 0. The van der Waals surface area contributed by atoms with E-state index in [9.17, 15) is 4.79 Å². The van der Waals surface area contributed by atoms with E-state index in [1.165, 1.54) is 0 Å². The van der Waals surface area contributed by atoms with Crippen molar-refractivity contribution in [2.75, 3.05) is 38.8 Å². The summed E-state index contributed by atoms with van der Waals surface area (Å²) in [5, 5.41) is 0. The van der Waals surface area contributed by atoms with Crippen LogP contribution in [0.25, 0.3) is 11.5 Å². The number of hydrogen-bond donors (Lipinski definition) is 0. The van der Waals surface area contributed by atoms with E-state index in [4.69, 9.17) is 18.9 Å². The molecule has 1 aliphatic rings. The minimum atomic E-state index is 0.0995. The maximum atomic E-state index is 12.9. The lowest BCUT2D eigenvalue weighted by atomic mass is 10.1. The van der Waals surface area contributed by atoms with Crippen LogP contribution in [0.1, 0.15) is 22.6 Å². The lowest BCUT2D eigenvalue weighted by Gasteiger charge is -2.34. The lowest BCUT2D eigenvalue weighted by Crippen LogP contribution is -2.50. The van der Waals surface area contributed by atoms with Gasteiger partial charge in [-0.1, -0.05) is 6.07 Å². The molecule has 0 radical (unpaired) electrons. The molecular formula is C25H29N3O4. The van der Waals surface area contributed by atoms with Gasteiger partial charge in [-0.2, -0.15) is 0 Å². The molecule has 4 rings (SSSR count). The molecule has 0 N–H and O–H groups in total. The monoisotopic (exact) mass is 435 g/mol. The van der Waals surface area contributed by atoms with Crippen LogP contribution in [0.4, 0.5) is 5.69 Å². The van der Waals surface area contributed by atoms with Gasteiger partial charge in [0.25, 0.3) is 0 Å². The first-order valence-electron chi connectivity index (χ1n) is 10.7. The Morgan fingerprint density at radius 3 is 2.34 bits per heavy atom. The van der Waals surface area contributed by atoms with E-state index in [0.717, 1.165) is 40.4 Å². The number of hydrogen-bond acceptors (Lipinski definition) is 6. The second-order valence-electron chi connectivity index (χ2n) is 8.19. The molecule has 1 aromatic heterocycles. The van der Waals surface area contributed by atoms with E-state index in [1.54, 1.807) is 14.2 Å². The summed E-state index contributed by atoms with van der Waals surface area (Å²) in [6.07, 6.45) is 0.